The first-order valence-electron chi connectivity index (χ1n) is 16.6. The topological polar surface area (TPSA) is 117 Å². The van der Waals surface area contributed by atoms with Gasteiger partial charge in [0.1, 0.15) is 44.0 Å². The van der Waals surface area contributed by atoms with E-state index in [1.807, 2.05) is 102 Å². The van der Waals surface area contributed by atoms with E-state index in [1.165, 1.54) is 0 Å². The molecular formula is C38H44N4O7. The van der Waals surface area contributed by atoms with Crippen molar-refractivity contribution in [3.05, 3.63) is 108 Å². The van der Waals surface area contributed by atoms with Gasteiger partial charge in [-0.25, -0.2) is 4.79 Å². The lowest BCUT2D eigenvalue weighted by molar-refractivity contribution is 0.0880. The molecule has 49 heavy (non-hydrogen) atoms. The maximum atomic E-state index is 12.3. The summed E-state index contributed by atoms with van der Waals surface area (Å²) >= 11 is 0. The minimum atomic E-state index is -0.233. The van der Waals surface area contributed by atoms with Crippen molar-refractivity contribution in [3.8, 4) is 34.5 Å². The van der Waals surface area contributed by atoms with Crippen LogP contribution in [0.5, 0.6) is 34.5 Å². The number of likely N-dealkylation sites (N-methyl/N-ethyl adjacent to an activating group) is 1. The largest absolute Gasteiger partial charge is 0.489 e. The molecule has 11 nitrogen and oxygen atoms in total. The van der Waals surface area contributed by atoms with E-state index in [0.29, 0.717) is 56.8 Å². The lowest BCUT2D eigenvalue weighted by Gasteiger charge is -2.33. The second kappa shape index (κ2) is 16.8. The van der Waals surface area contributed by atoms with Crippen molar-refractivity contribution in [1.29, 1.82) is 0 Å². The molecule has 3 N–H and O–H groups in total. The van der Waals surface area contributed by atoms with Gasteiger partial charge in [0.15, 0.2) is 29.1 Å². The van der Waals surface area contributed by atoms with Crippen LogP contribution in [0.1, 0.15) is 11.1 Å². The third-order valence-electron chi connectivity index (χ3n) is 8.30. The normalized spacial score (nSPS) is 18.0. The van der Waals surface area contributed by atoms with Gasteiger partial charge in [-0.3, -0.25) is 0 Å². The van der Waals surface area contributed by atoms with E-state index in [0.717, 1.165) is 54.6 Å². The molecule has 7 rings (SSSR count). The summed E-state index contributed by atoms with van der Waals surface area (Å²) in [6, 6.07) is 31.2. The summed E-state index contributed by atoms with van der Waals surface area (Å²) in [4.78, 5) is 16.4. The highest BCUT2D eigenvalue weighted by atomic mass is 16.6. The van der Waals surface area contributed by atoms with Crippen molar-refractivity contribution in [2.45, 2.75) is 25.4 Å². The van der Waals surface area contributed by atoms with Gasteiger partial charge >= 0.3 is 6.03 Å². The molecule has 4 aromatic rings. The fraction of sp³-hybridized carbons (Fsp3) is 0.342. The van der Waals surface area contributed by atoms with Crippen LogP contribution in [0, 0.1) is 0 Å². The fourth-order valence-corrected chi connectivity index (χ4v) is 5.39. The second-order valence-electron chi connectivity index (χ2n) is 12.1. The summed E-state index contributed by atoms with van der Waals surface area (Å²) in [5.41, 5.74) is 7.83. The molecule has 3 aliphatic heterocycles. The first-order chi connectivity index (χ1) is 24.0. The number of carbonyl (C=O) groups is 1. The Labute approximate surface area is 287 Å². The Bertz CT molecular complexity index is 1630. The predicted molar refractivity (Wildman–Crippen MR) is 186 cm³/mol. The van der Waals surface area contributed by atoms with Crippen LogP contribution in [0.2, 0.25) is 0 Å². The van der Waals surface area contributed by atoms with Gasteiger partial charge in [-0.05, 0) is 42.4 Å². The molecule has 0 bridgehead atoms. The summed E-state index contributed by atoms with van der Waals surface area (Å²) < 4.78 is 34.8. The lowest BCUT2D eigenvalue weighted by Crippen LogP contribution is -2.52. The number of fused-ring (bicyclic) bond motifs is 2. The zero-order valence-corrected chi connectivity index (χ0v) is 27.8. The number of hydrogen-bond donors (Lipinski definition) is 2. The molecule has 258 valence electrons. The average molecular weight is 669 g/mol. The standard InChI is InChI=1S/C22H27N3O4.C16H17NO3/c1-24-9-11-25(12-10-24)22(26)23-14-19-16-28-20-8-7-18(13-21(20)29-19)27-15-17-5-3-2-4-6-17;17-9-14-11-19-15-7-6-13(8-16(15)20-14)18-10-12-4-2-1-3-5-12/h2-8,13,19H,9-12,14-16H2,1H3,(H,23,26);1-8,14H,9-11,17H2/t19-;14-/m11/s1. The number of amides is 2. The molecule has 1 fully saturated rings. The number of urea groups is 1. The van der Waals surface area contributed by atoms with Crippen LogP contribution in [-0.4, -0.2) is 87.6 Å². The molecule has 2 atom stereocenters. The van der Waals surface area contributed by atoms with Crippen LogP contribution in [0.25, 0.3) is 0 Å². The van der Waals surface area contributed by atoms with Crippen LogP contribution in [0.4, 0.5) is 4.79 Å². The summed E-state index contributed by atoms with van der Waals surface area (Å²) in [6.45, 7) is 6.05. The molecule has 0 unspecified atom stereocenters. The lowest BCUT2D eigenvalue weighted by atomic mass is 10.2. The average Bonchev–Trinajstić information content (AvgIpc) is 3.16. The molecular weight excluding hydrogens is 624 g/mol. The van der Waals surface area contributed by atoms with Crippen LogP contribution >= 0.6 is 0 Å². The predicted octanol–water partition coefficient (Wildman–Crippen LogP) is 4.73. The van der Waals surface area contributed by atoms with Gasteiger partial charge < -0.3 is 49.3 Å². The molecule has 0 spiro atoms. The molecule has 0 aliphatic carbocycles. The second-order valence-corrected chi connectivity index (χ2v) is 12.1. The highest BCUT2D eigenvalue weighted by Crippen LogP contribution is 2.36. The van der Waals surface area contributed by atoms with E-state index in [9.17, 15) is 4.79 Å². The Morgan fingerprint density at radius 3 is 1.76 bits per heavy atom. The van der Waals surface area contributed by atoms with Crippen molar-refractivity contribution in [2.24, 2.45) is 5.73 Å². The fourth-order valence-electron chi connectivity index (χ4n) is 5.39. The van der Waals surface area contributed by atoms with Crippen LogP contribution in [0.3, 0.4) is 0 Å². The van der Waals surface area contributed by atoms with Gasteiger partial charge in [0, 0.05) is 44.9 Å². The molecule has 11 heteroatoms. The number of benzene rings is 4. The number of nitrogens with zero attached hydrogens (tertiary/aromatic N) is 2. The first kappa shape index (κ1) is 33.8. The van der Waals surface area contributed by atoms with Gasteiger partial charge in [-0.15, -0.1) is 0 Å². The smallest absolute Gasteiger partial charge is 0.317 e. The van der Waals surface area contributed by atoms with Crippen molar-refractivity contribution >= 4 is 6.03 Å². The minimum Gasteiger partial charge on any atom is -0.489 e. The quantitative estimate of drug-likeness (QED) is 0.261. The molecule has 3 heterocycles. The number of ether oxygens (including phenoxy) is 6. The van der Waals surface area contributed by atoms with Gasteiger partial charge in [-0.2, -0.15) is 0 Å². The van der Waals surface area contributed by atoms with E-state index in [1.54, 1.807) is 0 Å². The summed E-state index contributed by atoms with van der Waals surface area (Å²) in [6.07, 6.45) is -0.324. The summed E-state index contributed by atoms with van der Waals surface area (Å²) in [5.74, 6) is 4.24. The highest BCUT2D eigenvalue weighted by molar-refractivity contribution is 5.74. The van der Waals surface area contributed by atoms with Crippen LogP contribution in [0.15, 0.2) is 97.1 Å². The van der Waals surface area contributed by atoms with E-state index in [4.69, 9.17) is 34.2 Å². The van der Waals surface area contributed by atoms with Gasteiger partial charge in [-0.1, -0.05) is 60.7 Å². The molecule has 2 amide bonds. The number of rotatable bonds is 9. The SMILES string of the molecule is CN1CCN(C(=O)NC[C@@H]2COc3ccc(OCc4ccccc4)cc3O2)CC1.NC[C@@H]1COc2ccc(OCc3ccccc3)cc2O1. The third-order valence-corrected chi connectivity index (χ3v) is 8.30. The zero-order valence-electron chi connectivity index (χ0n) is 27.8. The summed E-state index contributed by atoms with van der Waals surface area (Å²) in [5, 5.41) is 2.96. The molecule has 3 aliphatic rings. The van der Waals surface area contributed by atoms with Gasteiger partial charge in [0.25, 0.3) is 0 Å². The Morgan fingerprint density at radius 2 is 1.22 bits per heavy atom. The van der Waals surface area contributed by atoms with Crippen molar-refractivity contribution in [1.82, 2.24) is 15.1 Å². The Morgan fingerprint density at radius 1 is 0.714 bits per heavy atom. The monoisotopic (exact) mass is 668 g/mol. The molecule has 4 aromatic carbocycles. The minimum absolute atomic E-state index is 0.0487. The maximum Gasteiger partial charge on any atom is 0.317 e. The zero-order chi connectivity index (χ0) is 33.8. The molecule has 0 radical (unpaired) electrons. The number of nitrogens with one attached hydrogen (secondary N) is 1. The van der Waals surface area contributed by atoms with Gasteiger partial charge in [0.05, 0.1) is 6.54 Å². The molecule has 0 aromatic heterocycles. The van der Waals surface area contributed by atoms with Crippen molar-refractivity contribution in [3.63, 3.8) is 0 Å². The van der Waals surface area contributed by atoms with E-state index in [2.05, 4.69) is 17.3 Å². The highest BCUT2D eigenvalue weighted by Gasteiger charge is 2.25. The number of carbonyl (C=O) groups excluding carboxylic acids is 1. The molecule has 1 saturated heterocycles. The number of nitrogens with two attached hydrogens (primary N) is 1. The Balaban J connectivity index is 0.000000182. The van der Waals surface area contributed by atoms with Crippen LogP contribution in [-0.2, 0) is 13.2 Å². The summed E-state index contributed by atoms with van der Waals surface area (Å²) in [7, 11) is 2.07. The maximum absolute atomic E-state index is 12.3. The third kappa shape index (κ3) is 9.71. The van der Waals surface area contributed by atoms with Gasteiger partial charge in [0.2, 0.25) is 0 Å². The first-order valence-corrected chi connectivity index (χ1v) is 16.6. The van der Waals surface area contributed by atoms with E-state index < -0.39 is 0 Å². The van der Waals surface area contributed by atoms with Crippen molar-refractivity contribution in [2.75, 3.05) is 59.5 Å². The Hall–Kier alpha value is -5.13. The van der Waals surface area contributed by atoms with Crippen LogP contribution < -0.4 is 39.5 Å². The van der Waals surface area contributed by atoms with E-state index in [-0.39, 0.29) is 18.2 Å². The van der Waals surface area contributed by atoms with Crippen molar-refractivity contribution < 1.29 is 33.2 Å². The number of hydrogen-bond acceptors (Lipinski definition) is 9. The Kier molecular flexibility index (Phi) is 11.6. The van der Waals surface area contributed by atoms with E-state index >= 15 is 0 Å². The molecule has 0 saturated carbocycles. The number of piperazine rings is 1.